The predicted octanol–water partition coefficient (Wildman–Crippen LogP) is 10.5. The van der Waals surface area contributed by atoms with Crippen LogP contribution in [0.1, 0.15) is 15.9 Å². The van der Waals surface area contributed by atoms with E-state index in [2.05, 4.69) is 39.4 Å². The second-order valence-electron chi connectivity index (χ2n) is 20.2. The van der Waals surface area contributed by atoms with Gasteiger partial charge in [-0.3, -0.25) is 14.4 Å². The van der Waals surface area contributed by atoms with Crippen LogP contribution < -0.4 is 20.9 Å². The Kier molecular flexibility index (Phi) is 18.0. The lowest BCUT2D eigenvalue weighted by Crippen LogP contribution is -2.47. The SMILES string of the molecule is Nc1ncnc2c1c(-c1ccc(Oc3ccccc3)cc1)cn2-c1cccc(C=O)c1.[C-]#[N+]/C(=C\c1cccc(-n2cc(-c3ccc(Oc4ccccc4)cc3)c3c(N)ncnc32)c1)C(=O)N1CCN(C)CC1.[C-]#[N+]CC(=O)N1CCN(C)CC1. The number of carbonyl (C=O) groups is 3. The normalized spacial score (nSPS) is 13.6. The molecule has 2 aliphatic rings. The van der Waals surface area contributed by atoms with Gasteiger partial charge >= 0.3 is 5.91 Å². The summed E-state index contributed by atoms with van der Waals surface area (Å²) in [6.45, 7) is 20.4. The Balaban J connectivity index is 0.000000163. The Hall–Kier alpha value is -11.0. The maximum Gasteiger partial charge on any atom is 0.302 e. The molecule has 19 nitrogen and oxygen atoms in total. The molecular weight excluding hydrogens is 1070 g/mol. The second kappa shape index (κ2) is 26.7. The van der Waals surface area contributed by atoms with Crippen molar-refractivity contribution in [2.45, 2.75) is 0 Å². The van der Waals surface area contributed by atoms with Gasteiger partial charge in [0.2, 0.25) is 0 Å². The van der Waals surface area contributed by atoms with E-state index in [1.54, 1.807) is 21.9 Å². The molecule has 2 saturated heterocycles. The quantitative estimate of drug-likeness (QED) is 0.0665. The van der Waals surface area contributed by atoms with Gasteiger partial charge in [-0.15, -0.1) is 0 Å². The lowest BCUT2D eigenvalue weighted by atomic mass is 10.1. The number of fused-ring (bicyclic) bond motifs is 2. The number of amides is 2. The molecule has 19 heteroatoms. The fourth-order valence-electron chi connectivity index (χ4n) is 9.86. The molecule has 10 aromatic rings. The number of benzene rings is 6. The third-order valence-corrected chi connectivity index (χ3v) is 14.4. The van der Waals surface area contributed by atoms with E-state index in [9.17, 15) is 14.4 Å². The van der Waals surface area contributed by atoms with Gasteiger partial charge in [-0.25, -0.2) is 31.4 Å². The van der Waals surface area contributed by atoms with E-state index in [4.69, 9.17) is 34.1 Å². The zero-order chi connectivity index (χ0) is 59.2. The van der Waals surface area contributed by atoms with Crippen molar-refractivity contribution in [2.75, 3.05) is 84.5 Å². The highest BCUT2D eigenvalue weighted by Crippen LogP contribution is 2.38. The van der Waals surface area contributed by atoms with Crippen LogP contribution >= 0.6 is 0 Å². The van der Waals surface area contributed by atoms with E-state index < -0.39 is 0 Å². The van der Waals surface area contributed by atoms with Crippen LogP contribution in [0.5, 0.6) is 23.0 Å². The number of rotatable bonds is 12. The maximum atomic E-state index is 13.1. The summed E-state index contributed by atoms with van der Waals surface area (Å²) >= 11 is 0. The lowest BCUT2D eigenvalue weighted by molar-refractivity contribution is -0.130. The molecule has 2 amide bonds. The number of anilines is 2. The van der Waals surface area contributed by atoms with Crippen molar-refractivity contribution in [3.8, 4) is 56.6 Å². The van der Waals surface area contributed by atoms with Crippen molar-refractivity contribution in [3.63, 3.8) is 0 Å². The molecule has 2 fully saturated rings. The predicted molar refractivity (Wildman–Crippen MR) is 330 cm³/mol. The van der Waals surface area contributed by atoms with E-state index in [0.29, 0.717) is 41.6 Å². The number of piperazine rings is 2. The standard InChI is InChI=1S/C33H29N7O2.C25H18N4O2.C8H13N3O/c1-35-29(33(41)39-17-15-38(2)16-18-39)20-23-7-6-8-25(19-23)40-21-28(30-31(34)36-22-37-32(30)40)24-11-13-27(14-12-24)42-26-9-4-3-5-10-26;26-24-23-22(18-9-11-21(12-10-18)31-20-7-2-1-3-8-20)14-29(25(23)28-16-27-24)19-6-4-5-17(13-19)15-30;1-9-7-8(12)11-5-3-10(2)4-6-11/h3-14,19-22H,15-18H2,2H3,(H2,34,36,37);1-16H,(H2,26,27,28);3-7H2,2H3/b29-20-;;. The number of aromatic nitrogens is 6. The van der Waals surface area contributed by atoms with Gasteiger partial charge in [0, 0.05) is 92.8 Å². The molecule has 0 spiro atoms. The molecule has 0 atom stereocenters. The second-order valence-corrected chi connectivity index (χ2v) is 20.2. The first kappa shape index (κ1) is 57.3. The molecular formula is C66H60N14O5. The summed E-state index contributed by atoms with van der Waals surface area (Å²) in [4.78, 5) is 67.5. The topological polar surface area (TPSA) is 205 Å². The van der Waals surface area contributed by atoms with Gasteiger partial charge in [0.05, 0.1) is 17.3 Å². The number of likely N-dealkylation sites (N-methyl/N-ethyl adjacent to an activating group) is 2. The first-order chi connectivity index (χ1) is 41.5. The smallest absolute Gasteiger partial charge is 0.302 e. The summed E-state index contributed by atoms with van der Waals surface area (Å²) in [5, 5.41) is 1.50. The van der Waals surface area contributed by atoms with E-state index in [1.807, 2.05) is 187 Å². The third kappa shape index (κ3) is 13.7. The van der Waals surface area contributed by atoms with Gasteiger partial charge < -0.3 is 54.5 Å². The van der Waals surface area contributed by atoms with E-state index in [0.717, 1.165) is 119 Å². The molecule has 0 radical (unpaired) electrons. The molecule has 12 rings (SSSR count). The first-order valence-corrected chi connectivity index (χ1v) is 27.4. The van der Waals surface area contributed by atoms with Crippen molar-refractivity contribution < 1.29 is 23.9 Å². The molecule has 0 unspecified atom stereocenters. The number of nitrogens with two attached hydrogens (primary N) is 2. The Morgan fingerprint density at radius 3 is 1.42 bits per heavy atom. The molecule has 4 N–H and O–H groups in total. The highest BCUT2D eigenvalue weighted by molar-refractivity contribution is 6.03. The zero-order valence-corrected chi connectivity index (χ0v) is 46.9. The summed E-state index contributed by atoms with van der Waals surface area (Å²) in [5.41, 5.74) is 20.7. The molecule has 0 aliphatic carbocycles. The summed E-state index contributed by atoms with van der Waals surface area (Å²) in [6.07, 6.45) is 9.31. The van der Waals surface area contributed by atoms with Crippen LogP contribution in [0.3, 0.4) is 0 Å². The van der Waals surface area contributed by atoms with Crippen molar-refractivity contribution in [1.29, 1.82) is 0 Å². The Morgan fingerprint density at radius 2 is 0.976 bits per heavy atom. The van der Waals surface area contributed by atoms with Gasteiger partial charge in [0.15, 0.2) is 11.3 Å². The number of aldehydes is 1. The number of ether oxygens (including phenoxy) is 2. The van der Waals surface area contributed by atoms with Gasteiger partial charge in [-0.2, -0.15) is 0 Å². The van der Waals surface area contributed by atoms with Crippen LogP contribution in [0.2, 0.25) is 0 Å². The fourth-order valence-corrected chi connectivity index (χ4v) is 9.86. The van der Waals surface area contributed by atoms with Gasteiger partial charge in [0.1, 0.15) is 53.6 Å². The van der Waals surface area contributed by atoms with Crippen LogP contribution in [-0.2, 0) is 9.59 Å². The summed E-state index contributed by atoms with van der Waals surface area (Å²) in [7, 11) is 4.07. The average Bonchev–Trinajstić information content (AvgIpc) is 2.31. The minimum absolute atomic E-state index is 0.00368. The number of nitrogen functional groups attached to an aromatic ring is 2. The molecule has 0 saturated carbocycles. The number of hydrogen-bond donors (Lipinski definition) is 2. The zero-order valence-electron chi connectivity index (χ0n) is 46.9. The van der Waals surface area contributed by atoms with Crippen LogP contribution in [0, 0.1) is 13.1 Å². The lowest BCUT2D eigenvalue weighted by Gasteiger charge is -2.32. The molecule has 85 heavy (non-hydrogen) atoms. The molecule has 6 aromatic carbocycles. The van der Waals surface area contributed by atoms with Crippen LogP contribution in [0.4, 0.5) is 11.6 Å². The Labute approximate surface area is 491 Å². The van der Waals surface area contributed by atoms with Gasteiger partial charge in [-0.05, 0) is 110 Å². The van der Waals surface area contributed by atoms with Crippen molar-refractivity contribution in [3.05, 3.63) is 222 Å². The largest absolute Gasteiger partial charge is 0.457 e. The highest BCUT2D eigenvalue weighted by atomic mass is 16.5. The number of nitrogens with zero attached hydrogens (tertiary/aromatic N) is 12. The maximum absolute atomic E-state index is 13.1. The molecule has 2 aliphatic heterocycles. The Morgan fingerprint density at radius 1 is 0.541 bits per heavy atom. The minimum Gasteiger partial charge on any atom is -0.457 e. The van der Waals surface area contributed by atoms with Crippen molar-refractivity contribution >= 4 is 57.9 Å². The molecule has 0 bridgehead atoms. The average molecular weight is 1130 g/mol. The molecule has 6 heterocycles. The van der Waals surface area contributed by atoms with Gasteiger partial charge in [0.25, 0.3) is 18.1 Å². The summed E-state index contributed by atoms with van der Waals surface area (Å²) < 4.78 is 15.7. The van der Waals surface area contributed by atoms with E-state index in [1.165, 1.54) is 12.7 Å². The summed E-state index contributed by atoms with van der Waals surface area (Å²) in [5.74, 6) is 3.51. The van der Waals surface area contributed by atoms with Gasteiger partial charge in [-0.1, -0.05) is 84.9 Å². The van der Waals surface area contributed by atoms with Crippen LogP contribution in [-0.4, -0.2) is 140 Å². The molecule has 424 valence electrons. The first-order valence-electron chi connectivity index (χ1n) is 27.4. The summed E-state index contributed by atoms with van der Waals surface area (Å²) in [6, 6.07) is 49.8. The van der Waals surface area contributed by atoms with Crippen molar-refractivity contribution in [2.24, 2.45) is 0 Å². The van der Waals surface area contributed by atoms with Crippen molar-refractivity contribution in [1.82, 2.24) is 48.7 Å². The molecule has 4 aromatic heterocycles. The Bertz CT molecular complexity index is 4100. The minimum atomic E-state index is -0.239. The van der Waals surface area contributed by atoms with Crippen LogP contribution in [0.25, 0.3) is 71.5 Å². The van der Waals surface area contributed by atoms with E-state index in [-0.39, 0.29) is 24.1 Å². The third-order valence-electron chi connectivity index (χ3n) is 14.4. The number of carbonyl (C=O) groups excluding carboxylic acids is 3. The number of para-hydroxylation sites is 2. The van der Waals surface area contributed by atoms with Crippen LogP contribution in [0.15, 0.2) is 188 Å². The fraction of sp³-hybridized carbons (Fsp3) is 0.167. The highest BCUT2D eigenvalue weighted by Gasteiger charge is 2.24. The monoisotopic (exact) mass is 1130 g/mol. The number of hydrogen-bond acceptors (Lipinski definition) is 13. The van der Waals surface area contributed by atoms with E-state index >= 15 is 0 Å².